The van der Waals surface area contributed by atoms with Crippen molar-refractivity contribution < 1.29 is 14.3 Å². The lowest BCUT2D eigenvalue weighted by Crippen LogP contribution is -2.19. The number of ether oxygens (including phenoxy) is 2. The minimum atomic E-state index is -0.250. The van der Waals surface area contributed by atoms with E-state index in [1.54, 1.807) is 48.5 Å². The van der Waals surface area contributed by atoms with Crippen LogP contribution in [0, 0.1) is 0 Å². The van der Waals surface area contributed by atoms with E-state index in [0.29, 0.717) is 38.7 Å². The van der Waals surface area contributed by atoms with E-state index in [0.717, 1.165) is 11.1 Å². The van der Waals surface area contributed by atoms with Gasteiger partial charge in [0.25, 0.3) is 0 Å². The second-order valence-electron chi connectivity index (χ2n) is 6.55. The highest BCUT2D eigenvalue weighted by Crippen LogP contribution is 2.36. The van der Waals surface area contributed by atoms with Crippen LogP contribution < -0.4 is 14.9 Å². The standard InChI is InChI=1S/C23H19Cl3N2O3/c1-30-21-11-17(13-27-28-22(29)12-15-2-6-18(24)7-3-15)10-20(26)23(21)31-14-16-4-8-19(25)9-5-16/h2-11,13H,12,14H2,1H3,(H,28,29)/b27-13+. The first kappa shape index (κ1) is 22.9. The van der Waals surface area contributed by atoms with Gasteiger partial charge in [0.05, 0.1) is 24.8 Å². The monoisotopic (exact) mass is 476 g/mol. The number of carbonyl (C=O) groups is 1. The molecule has 0 aromatic heterocycles. The molecule has 1 amide bonds. The van der Waals surface area contributed by atoms with Crippen LogP contribution in [-0.4, -0.2) is 19.2 Å². The summed E-state index contributed by atoms with van der Waals surface area (Å²) in [7, 11) is 1.52. The van der Waals surface area contributed by atoms with E-state index in [1.807, 2.05) is 12.1 Å². The quantitative estimate of drug-likeness (QED) is 0.323. The number of nitrogens with one attached hydrogen (secondary N) is 1. The molecule has 0 spiro atoms. The van der Waals surface area contributed by atoms with E-state index in [9.17, 15) is 4.79 Å². The molecule has 0 aliphatic carbocycles. The molecular weight excluding hydrogens is 459 g/mol. The summed E-state index contributed by atoms with van der Waals surface area (Å²) in [6.07, 6.45) is 1.67. The fourth-order valence-corrected chi connectivity index (χ4v) is 3.22. The number of halogens is 3. The van der Waals surface area contributed by atoms with Crippen LogP contribution in [0.4, 0.5) is 0 Å². The van der Waals surface area contributed by atoms with Gasteiger partial charge in [-0.2, -0.15) is 5.10 Å². The summed E-state index contributed by atoms with van der Waals surface area (Å²) >= 11 is 18.1. The molecule has 1 N–H and O–H groups in total. The summed E-state index contributed by atoms with van der Waals surface area (Å²) in [5.74, 6) is 0.623. The minimum absolute atomic E-state index is 0.191. The summed E-state index contributed by atoms with van der Waals surface area (Å²) in [6.45, 7) is 0.307. The van der Waals surface area contributed by atoms with Gasteiger partial charge in [0.15, 0.2) is 11.5 Å². The fourth-order valence-electron chi connectivity index (χ4n) is 2.70. The SMILES string of the molecule is COc1cc(/C=N/NC(=O)Cc2ccc(Cl)cc2)cc(Cl)c1OCc1ccc(Cl)cc1. The zero-order valence-corrected chi connectivity index (χ0v) is 18.8. The van der Waals surface area contributed by atoms with Crippen LogP contribution in [0.15, 0.2) is 65.8 Å². The highest BCUT2D eigenvalue weighted by Gasteiger charge is 2.12. The highest BCUT2D eigenvalue weighted by atomic mass is 35.5. The van der Waals surface area contributed by atoms with Crippen molar-refractivity contribution in [1.82, 2.24) is 5.43 Å². The number of hydrogen-bond acceptors (Lipinski definition) is 4. The van der Waals surface area contributed by atoms with Crippen LogP contribution in [-0.2, 0) is 17.8 Å². The Hall–Kier alpha value is -2.73. The molecule has 0 atom stereocenters. The third-order valence-electron chi connectivity index (χ3n) is 4.23. The van der Waals surface area contributed by atoms with Crippen LogP contribution >= 0.6 is 34.8 Å². The first-order valence-electron chi connectivity index (χ1n) is 9.25. The Morgan fingerprint density at radius 2 is 1.58 bits per heavy atom. The summed E-state index contributed by atoms with van der Waals surface area (Å²) in [5, 5.41) is 5.62. The smallest absolute Gasteiger partial charge is 0.244 e. The second kappa shape index (κ2) is 11.0. The van der Waals surface area contributed by atoms with Crippen LogP contribution in [0.5, 0.6) is 11.5 Å². The molecule has 8 heteroatoms. The zero-order chi connectivity index (χ0) is 22.2. The second-order valence-corrected chi connectivity index (χ2v) is 7.83. The van der Waals surface area contributed by atoms with Gasteiger partial charge in [-0.3, -0.25) is 4.79 Å². The third-order valence-corrected chi connectivity index (χ3v) is 5.01. The molecule has 0 unspecified atom stereocenters. The molecule has 0 saturated carbocycles. The number of hydrazone groups is 1. The van der Waals surface area contributed by atoms with E-state index < -0.39 is 0 Å². The molecule has 0 radical (unpaired) electrons. The van der Waals surface area contributed by atoms with Crippen LogP contribution in [0.1, 0.15) is 16.7 Å². The normalized spacial score (nSPS) is 10.8. The highest BCUT2D eigenvalue weighted by molar-refractivity contribution is 6.32. The van der Waals surface area contributed by atoms with Crippen molar-refractivity contribution in [1.29, 1.82) is 0 Å². The Kier molecular flexibility index (Phi) is 8.18. The maximum Gasteiger partial charge on any atom is 0.244 e. The Morgan fingerprint density at radius 3 is 2.19 bits per heavy atom. The Labute approximate surface area is 195 Å². The minimum Gasteiger partial charge on any atom is -0.493 e. The molecule has 0 aliphatic rings. The van der Waals surface area contributed by atoms with Gasteiger partial charge >= 0.3 is 0 Å². The summed E-state index contributed by atoms with van der Waals surface area (Å²) in [5.41, 5.74) is 4.91. The molecule has 0 heterocycles. The molecule has 0 saturated heterocycles. The third kappa shape index (κ3) is 6.89. The van der Waals surface area contributed by atoms with Gasteiger partial charge in [-0.05, 0) is 53.1 Å². The maximum absolute atomic E-state index is 12.0. The Morgan fingerprint density at radius 1 is 0.968 bits per heavy atom. The molecule has 31 heavy (non-hydrogen) atoms. The van der Waals surface area contributed by atoms with Crippen molar-refractivity contribution >= 4 is 46.9 Å². The predicted octanol–water partition coefficient (Wildman–Crippen LogP) is 5.93. The van der Waals surface area contributed by atoms with Crippen molar-refractivity contribution in [2.24, 2.45) is 5.10 Å². The first-order chi connectivity index (χ1) is 14.9. The number of nitrogens with zero attached hydrogens (tertiary/aromatic N) is 1. The van der Waals surface area contributed by atoms with E-state index in [1.165, 1.54) is 13.3 Å². The number of hydrogen-bond donors (Lipinski definition) is 1. The van der Waals surface area contributed by atoms with E-state index in [2.05, 4.69) is 10.5 Å². The van der Waals surface area contributed by atoms with Gasteiger partial charge in [0.2, 0.25) is 5.91 Å². The molecule has 0 bridgehead atoms. The number of amides is 1. The summed E-state index contributed by atoms with van der Waals surface area (Å²) < 4.78 is 11.2. The lowest BCUT2D eigenvalue weighted by atomic mass is 10.1. The fraction of sp³-hybridized carbons (Fsp3) is 0.130. The molecule has 160 valence electrons. The van der Waals surface area contributed by atoms with Crippen LogP contribution in [0.2, 0.25) is 15.1 Å². The Balaban J connectivity index is 1.62. The predicted molar refractivity (Wildman–Crippen MR) is 125 cm³/mol. The molecule has 3 aromatic rings. The number of methoxy groups -OCH3 is 1. The van der Waals surface area contributed by atoms with Gasteiger partial charge in [-0.1, -0.05) is 59.1 Å². The van der Waals surface area contributed by atoms with Crippen molar-refractivity contribution in [2.45, 2.75) is 13.0 Å². The molecule has 3 aromatic carbocycles. The van der Waals surface area contributed by atoms with Gasteiger partial charge < -0.3 is 9.47 Å². The van der Waals surface area contributed by atoms with Crippen LogP contribution in [0.3, 0.4) is 0 Å². The number of carbonyl (C=O) groups excluding carboxylic acids is 1. The first-order valence-corrected chi connectivity index (χ1v) is 10.4. The number of benzene rings is 3. The average molecular weight is 478 g/mol. The summed E-state index contributed by atoms with van der Waals surface area (Å²) in [4.78, 5) is 12.0. The van der Waals surface area contributed by atoms with Gasteiger partial charge in [0.1, 0.15) is 6.61 Å². The average Bonchev–Trinajstić information content (AvgIpc) is 2.75. The Bertz CT molecular complexity index is 1070. The maximum atomic E-state index is 12.0. The van der Waals surface area contributed by atoms with E-state index in [-0.39, 0.29) is 12.3 Å². The lowest BCUT2D eigenvalue weighted by molar-refractivity contribution is -0.120. The zero-order valence-electron chi connectivity index (χ0n) is 16.6. The molecule has 0 fully saturated rings. The van der Waals surface area contributed by atoms with E-state index >= 15 is 0 Å². The van der Waals surface area contributed by atoms with Gasteiger partial charge in [-0.15, -0.1) is 0 Å². The molecule has 0 aliphatic heterocycles. The molecular formula is C23H19Cl3N2O3. The van der Waals surface area contributed by atoms with Crippen molar-refractivity contribution in [2.75, 3.05) is 7.11 Å². The number of rotatable bonds is 8. The molecule has 5 nitrogen and oxygen atoms in total. The van der Waals surface area contributed by atoms with Crippen molar-refractivity contribution in [3.8, 4) is 11.5 Å². The van der Waals surface area contributed by atoms with Gasteiger partial charge in [0, 0.05) is 10.0 Å². The van der Waals surface area contributed by atoms with Crippen LogP contribution in [0.25, 0.3) is 0 Å². The van der Waals surface area contributed by atoms with Gasteiger partial charge in [-0.25, -0.2) is 5.43 Å². The molecule has 3 rings (SSSR count). The van der Waals surface area contributed by atoms with E-state index in [4.69, 9.17) is 44.3 Å². The lowest BCUT2D eigenvalue weighted by Gasteiger charge is -2.13. The summed E-state index contributed by atoms with van der Waals surface area (Å²) in [6, 6.07) is 17.8. The van der Waals surface area contributed by atoms with Crippen molar-refractivity contribution in [3.63, 3.8) is 0 Å². The topological polar surface area (TPSA) is 59.9 Å². The largest absolute Gasteiger partial charge is 0.493 e. The van der Waals surface area contributed by atoms with Crippen molar-refractivity contribution in [3.05, 3.63) is 92.4 Å².